The molecule has 1 amide bonds. The third-order valence-corrected chi connectivity index (χ3v) is 6.12. The van der Waals surface area contributed by atoms with Gasteiger partial charge in [-0.15, -0.1) is 0 Å². The maximum atomic E-state index is 13.5. The molecule has 0 bridgehead atoms. The second-order valence-corrected chi connectivity index (χ2v) is 9.99. The molecule has 3 aromatic rings. The topological polar surface area (TPSA) is 149 Å². The van der Waals surface area contributed by atoms with Gasteiger partial charge in [-0.25, -0.2) is 19.1 Å². The van der Waals surface area contributed by atoms with Crippen LogP contribution in [0.2, 0.25) is 5.02 Å². The third kappa shape index (κ3) is 7.86. The smallest absolute Gasteiger partial charge is 0.362 e. The van der Waals surface area contributed by atoms with E-state index in [9.17, 15) is 22.7 Å². The number of methoxy groups -OCH3 is 1. The van der Waals surface area contributed by atoms with Crippen LogP contribution in [0.4, 0.5) is 15.9 Å². The number of benzene rings is 2. The molecule has 0 unspecified atom stereocenters. The van der Waals surface area contributed by atoms with Gasteiger partial charge in [-0.05, 0) is 36.6 Å². The Morgan fingerprint density at radius 3 is 2.59 bits per heavy atom. The van der Waals surface area contributed by atoms with Crippen molar-refractivity contribution in [2.45, 2.75) is 26.4 Å². The van der Waals surface area contributed by atoms with Crippen LogP contribution in [-0.4, -0.2) is 55.8 Å². The van der Waals surface area contributed by atoms with E-state index in [1.807, 2.05) is 0 Å². The molecule has 0 fully saturated rings. The number of carbonyl (C=O) groups excluding carboxylic acids is 1. The molecule has 0 aliphatic carbocycles. The minimum atomic E-state index is -4.45. The SMILES string of the molecule is COc1cc2ncnc(Nc3ccc(F)c(Cl)c3)c2cc1OCCOS(=O)(=O)NC(=O)[C@@H](O)CC(C)C. The van der Waals surface area contributed by atoms with Gasteiger partial charge in [0, 0.05) is 17.1 Å². The van der Waals surface area contributed by atoms with E-state index in [1.54, 1.807) is 30.7 Å². The van der Waals surface area contributed by atoms with Gasteiger partial charge in [-0.1, -0.05) is 25.4 Å². The summed E-state index contributed by atoms with van der Waals surface area (Å²) < 4.78 is 54.9. The van der Waals surface area contributed by atoms with E-state index < -0.39 is 34.7 Å². The predicted molar refractivity (Wildman–Crippen MR) is 135 cm³/mol. The Balaban J connectivity index is 1.69. The summed E-state index contributed by atoms with van der Waals surface area (Å²) in [7, 11) is -3.03. The number of halogens is 2. The largest absolute Gasteiger partial charge is 0.493 e. The predicted octanol–water partition coefficient (Wildman–Crippen LogP) is 3.34. The average molecular weight is 557 g/mol. The van der Waals surface area contributed by atoms with Crippen LogP contribution in [0, 0.1) is 11.7 Å². The summed E-state index contributed by atoms with van der Waals surface area (Å²) in [5, 5.41) is 13.3. The molecule has 0 aliphatic heterocycles. The van der Waals surface area contributed by atoms with Crippen LogP contribution in [0.3, 0.4) is 0 Å². The highest BCUT2D eigenvalue weighted by molar-refractivity contribution is 7.85. The number of aliphatic hydroxyl groups is 1. The van der Waals surface area contributed by atoms with Gasteiger partial charge in [-0.3, -0.25) is 8.98 Å². The molecule has 14 heteroatoms. The van der Waals surface area contributed by atoms with Gasteiger partial charge in [0.05, 0.1) is 17.6 Å². The first kappa shape index (κ1) is 28.3. The molecule has 0 saturated carbocycles. The normalized spacial score (nSPS) is 12.4. The summed E-state index contributed by atoms with van der Waals surface area (Å²) in [6.07, 6.45) is -0.0468. The maximum absolute atomic E-state index is 13.5. The number of carbonyl (C=O) groups is 1. The van der Waals surface area contributed by atoms with E-state index >= 15 is 0 Å². The molecule has 1 aromatic heterocycles. The minimum Gasteiger partial charge on any atom is -0.493 e. The minimum absolute atomic E-state index is 0.00990. The number of hydrogen-bond donors (Lipinski definition) is 3. The third-order valence-electron chi connectivity index (χ3n) is 4.91. The van der Waals surface area contributed by atoms with Crippen molar-refractivity contribution in [3.05, 3.63) is 47.5 Å². The lowest BCUT2D eigenvalue weighted by molar-refractivity contribution is -0.128. The van der Waals surface area contributed by atoms with Gasteiger partial charge < -0.3 is 19.9 Å². The van der Waals surface area contributed by atoms with Gasteiger partial charge >= 0.3 is 10.3 Å². The van der Waals surface area contributed by atoms with Crippen LogP contribution in [-0.2, 0) is 19.3 Å². The Hall–Kier alpha value is -3.26. The first-order valence-electron chi connectivity index (χ1n) is 11.1. The Morgan fingerprint density at radius 2 is 1.92 bits per heavy atom. The number of hydrogen-bond acceptors (Lipinski definition) is 10. The van der Waals surface area contributed by atoms with Gasteiger partial charge in [0.2, 0.25) is 0 Å². The van der Waals surface area contributed by atoms with Crippen molar-refractivity contribution >= 4 is 50.2 Å². The molecular formula is C23H26ClFN4O7S. The highest BCUT2D eigenvalue weighted by atomic mass is 35.5. The number of nitrogens with one attached hydrogen (secondary N) is 2. The van der Waals surface area contributed by atoms with E-state index in [1.165, 1.54) is 31.6 Å². The van der Waals surface area contributed by atoms with E-state index in [0.29, 0.717) is 28.2 Å². The van der Waals surface area contributed by atoms with Crippen molar-refractivity contribution in [2.75, 3.05) is 25.6 Å². The average Bonchev–Trinajstić information content (AvgIpc) is 2.83. The fraction of sp³-hybridized carbons (Fsp3) is 0.348. The van der Waals surface area contributed by atoms with Crippen molar-refractivity contribution in [1.82, 2.24) is 14.7 Å². The molecule has 1 atom stereocenters. The molecule has 0 aliphatic rings. The summed E-state index contributed by atoms with van der Waals surface area (Å²) >= 11 is 5.85. The van der Waals surface area contributed by atoms with Gasteiger partial charge in [0.25, 0.3) is 5.91 Å². The quantitative estimate of drug-likeness (QED) is 0.283. The lowest BCUT2D eigenvalue weighted by atomic mass is 10.1. The van der Waals surface area contributed by atoms with Crippen LogP contribution >= 0.6 is 11.6 Å². The van der Waals surface area contributed by atoms with Crippen LogP contribution in [0.5, 0.6) is 11.5 Å². The van der Waals surface area contributed by atoms with Crippen molar-refractivity contribution in [2.24, 2.45) is 5.92 Å². The highest BCUT2D eigenvalue weighted by Gasteiger charge is 2.23. The van der Waals surface area contributed by atoms with Crippen molar-refractivity contribution in [3.8, 4) is 11.5 Å². The van der Waals surface area contributed by atoms with Crippen molar-refractivity contribution < 1.29 is 36.4 Å². The maximum Gasteiger partial charge on any atom is 0.362 e. The summed E-state index contributed by atoms with van der Waals surface area (Å²) in [4.78, 5) is 20.3. The molecule has 11 nitrogen and oxygen atoms in total. The molecule has 3 N–H and O–H groups in total. The monoisotopic (exact) mass is 556 g/mol. The Morgan fingerprint density at radius 1 is 1.16 bits per heavy atom. The fourth-order valence-corrected chi connectivity index (χ4v) is 4.13. The zero-order valence-corrected chi connectivity index (χ0v) is 21.8. The number of fused-ring (bicyclic) bond motifs is 1. The van der Waals surface area contributed by atoms with E-state index in [4.69, 9.17) is 25.3 Å². The van der Waals surface area contributed by atoms with Crippen molar-refractivity contribution in [3.63, 3.8) is 0 Å². The molecular weight excluding hydrogens is 531 g/mol. The summed E-state index contributed by atoms with van der Waals surface area (Å²) in [5.74, 6) is -0.715. The zero-order valence-electron chi connectivity index (χ0n) is 20.2. The van der Waals surface area contributed by atoms with E-state index in [-0.39, 0.29) is 29.7 Å². The summed E-state index contributed by atoms with van der Waals surface area (Å²) in [6, 6.07) is 7.30. The van der Waals surface area contributed by atoms with Gasteiger partial charge in [0.1, 0.15) is 37.3 Å². The van der Waals surface area contributed by atoms with Crippen molar-refractivity contribution in [1.29, 1.82) is 0 Å². The number of aliphatic hydroxyl groups excluding tert-OH is 1. The van der Waals surface area contributed by atoms with Gasteiger partial charge in [-0.2, -0.15) is 8.42 Å². The number of rotatable bonds is 12. The Labute approximate surface area is 218 Å². The fourth-order valence-electron chi connectivity index (χ4n) is 3.22. The standard InChI is InChI=1S/C23H26ClFN4O7S/c1-13(2)8-19(30)23(31)29-37(32,33)36-7-6-35-21-10-15-18(11-20(21)34-3)26-12-27-22(15)28-14-4-5-17(25)16(24)9-14/h4-5,9-13,19,30H,6-8H2,1-3H3,(H,29,31)(H,26,27,28)/t19-/m0/s1. The Bertz CT molecular complexity index is 1370. The number of anilines is 2. The highest BCUT2D eigenvalue weighted by Crippen LogP contribution is 2.35. The zero-order chi connectivity index (χ0) is 27.2. The molecule has 1 heterocycles. The summed E-state index contributed by atoms with van der Waals surface area (Å²) in [6.45, 7) is 2.90. The van der Waals surface area contributed by atoms with E-state index in [2.05, 4.69) is 15.3 Å². The molecule has 0 saturated heterocycles. The molecule has 37 heavy (non-hydrogen) atoms. The number of aromatic nitrogens is 2. The van der Waals surface area contributed by atoms with Crippen LogP contribution in [0.25, 0.3) is 10.9 Å². The molecule has 3 rings (SSSR count). The van der Waals surface area contributed by atoms with Gasteiger partial charge in [0.15, 0.2) is 11.5 Å². The second kappa shape index (κ2) is 12.3. The summed E-state index contributed by atoms with van der Waals surface area (Å²) in [5.41, 5.74) is 1.00. The molecule has 2 aromatic carbocycles. The second-order valence-electron chi connectivity index (χ2n) is 8.23. The van der Waals surface area contributed by atoms with Crippen LogP contribution < -0.4 is 19.5 Å². The molecule has 0 radical (unpaired) electrons. The lowest BCUT2D eigenvalue weighted by Gasteiger charge is -2.15. The van der Waals surface area contributed by atoms with Crippen LogP contribution in [0.1, 0.15) is 20.3 Å². The number of amides is 1. The van der Waals surface area contributed by atoms with Crippen LogP contribution in [0.15, 0.2) is 36.7 Å². The first-order chi connectivity index (χ1) is 17.5. The molecule has 0 spiro atoms. The Kier molecular flexibility index (Phi) is 9.43. The number of nitrogens with zero attached hydrogens (tertiary/aromatic N) is 2. The molecule has 200 valence electrons. The van der Waals surface area contributed by atoms with E-state index in [0.717, 1.165) is 0 Å². The number of ether oxygens (including phenoxy) is 2. The lowest BCUT2D eigenvalue weighted by Crippen LogP contribution is -2.40. The first-order valence-corrected chi connectivity index (χ1v) is 12.8.